The van der Waals surface area contributed by atoms with Gasteiger partial charge in [0.1, 0.15) is 5.82 Å². The van der Waals surface area contributed by atoms with Gasteiger partial charge in [-0.3, -0.25) is 4.79 Å². The molecule has 0 atom stereocenters. The number of hydrogen-bond acceptors (Lipinski definition) is 3. The van der Waals surface area contributed by atoms with Crippen LogP contribution >= 0.6 is 0 Å². The first-order chi connectivity index (χ1) is 8.15. The van der Waals surface area contributed by atoms with E-state index in [1.54, 1.807) is 18.2 Å². The molecule has 0 spiro atoms. The molecular formula is C12H11N3O2. The lowest BCUT2D eigenvalue weighted by molar-refractivity contribution is 0.102. The molecule has 2 aromatic rings. The molecule has 2 rings (SSSR count). The number of aromatic nitrogens is 2. The van der Waals surface area contributed by atoms with E-state index < -0.39 is 5.69 Å². The molecule has 0 radical (unpaired) electrons. The number of nitrogens with one attached hydrogen (secondary N) is 2. The van der Waals surface area contributed by atoms with Crippen LogP contribution < -0.4 is 11.0 Å². The first kappa shape index (κ1) is 11.1. The number of aryl methyl sites for hydroxylation is 1. The van der Waals surface area contributed by atoms with Gasteiger partial charge in [0, 0.05) is 11.8 Å². The lowest BCUT2D eigenvalue weighted by Gasteiger charge is -2.04. The van der Waals surface area contributed by atoms with E-state index in [-0.39, 0.29) is 11.7 Å². The Bertz CT molecular complexity index is 604. The van der Waals surface area contributed by atoms with E-state index in [0.717, 1.165) is 5.56 Å². The van der Waals surface area contributed by atoms with Crippen molar-refractivity contribution in [2.75, 3.05) is 5.32 Å². The first-order valence-electron chi connectivity index (χ1n) is 5.09. The van der Waals surface area contributed by atoms with E-state index in [1.165, 1.54) is 12.3 Å². The lowest BCUT2D eigenvalue weighted by atomic mass is 10.1. The van der Waals surface area contributed by atoms with E-state index in [4.69, 9.17) is 0 Å². The van der Waals surface area contributed by atoms with Gasteiger partial charge in [-0.2, -0.15) is 4.98 Å². The van der Waals surface area contributed by atoms with Gasteiger partial charge in [-0.05, 0) is 25.1 Å². The van der Waals surface area contributed by atoms with Crippen molar-refractivity contribution >= 4 is 11.7 Å². The minimum Gasteiger partial charge on any atom is -0.313 e. The molecule has 0 aliphatic rings. The highest BCUT2D eigenvalue weighted by atomic mass is 16.2. The van der Waals surface area contributed by atoms with Crippen LogP contribution in [0.15, 0.2) is 41.3 Å². The molecule has 17 heavy (non-hydrogen) atoms. The Labute approximate surface area is 97.5 Å². The number of aromatic amines is 1. The predicted molar refractivity (Wildman–Crippen MR) is 64.0 cm³/mol. The quantitative estimate of drug-likeness (QED) is 0.815. The Morgan fingerprint density at radius 2 is 2.18 bits per heavy atom. The molecule has 0 saturated heterocycles. The van der Waals surface area contributed by atoms with Crippen molar-refractivity contribution < 1.29 is 4.79 Å². The molecule has 2 N–H and O–H groups in total. The van der Waals surface area contributed by atoms with E-state index >= 15 is 0 Å². The molecule has 86 valence electrons. The second-order valence-corrected chi connectivity index (χ2v) is 3.60. The highest BCUT2D eigenvalue weighted by Crippen LogP contribution is 2.06. The zero-order valence-electron chi connectivity index (χ0n) is 9.23. The van der Waals surface area contributed by atoms with Gasteiger partial charge in [0.2, 0.25) is 0 Å². The van der Waals surface area contributed by atoms with Crippen LogP contribution in [0.4, 0.5) is 5.82 Å². The molecule has 0 aliphatic carbocycles. The van der Waals surface area contributed by atoms with Crippen molar-refractivity contribution in [3.8, 4) is 0 Å². The smallest absolute Gasteiger partial charge is 0.313 e. The Hall–Kier alpha value is -2.43. The van der Waals surface area contributed by atoms with Crippen LogP contribution in [0.5, 0.6) is 0 Å². The van der Waals surface area contributed by atoms with E-state index in [2.05, 4.69) is 15.3 Å². The normalized spacial score (nSPS) is 9.94. The summed E-state index contributed by atoms with van der Waals surface area (Å²) in [5.41, 5.74) is 1.04. The minimum atomic E-state index is -0.493. The second-order valence-electron chi connectivity index (χ2n) is 3.60. The summed E-state index contributed by atoms with van der Waals surface area (Å²) in [4.78, 5) is 28.8. The van der Waals surface area contributed by atoms with Crippen molar-refractivity contribution in [1.29, 1.82) is 0 Å². The molecule has 0 aliphatic heterocycles. The number of carbonyl (C=O) groups excluding carboxylic acids is 1. The highest BCUT2D eigenvalue weighted by Gasteiger charge is 2.06. The molecule has 1 heterocycles. The lowest BCUT2D eigenvalue weighted by Crippen LogP contribution is -2.17. The highest BCUT2D eigenvalue weighted by molar-refractivity contribution is 6.03. The number of benzene rings is 1. The molecule has 0 saturated carbocycles. The molecule has 0 unspecified atom stereocenters. The SMILES string of the molecule is Cc1cccc(C(=O)Nc2cc[nH]c(=O)n2)c1. The Kier molecular flexibility index (Phi) is 3.00. The minimum absolute atomic E-state index is 0.236. The Morgan fingerprint density at radius 3 is 2.88 bits per heavy atom. The van der Waals surface area contributed by atoms with Crippen LogP contribution in [-0.4, -0.2) is 15.9 Å². The maximum Gasteiger partial charge on any atom is 0.346 e. The summed E-state index contributed by atoms with van der Waals surface area (Å²) in [6.45, 7) is 1.91. The third kappa shape index (κ3) is 2.78. The number of carbonyl (C=O) groups is 1. The van der Waals surface area contributed by atoms with Gasteiger partial charge in [0.15, 0.2) is 0 Å². The topological polar surface area (TPSA) is 74.8 Å². The van der Waals surface area contributed by atoms with Gasteiger partial charge in [0.05, 0.1) is 0 Å². The summed E-state index contributed by atoms with van der Waals surface area (Å²) in [7, 11) is 0. The molecule has 5 heteroatoms. The van der Waals surface area contributed by atoms with Crippen molar-refractivity contribution in [3.05, 3.63) is 58.1 Å². The summed E-state index contributed by atoms with van der Waals surface area (Å²) in [6, 6.07) is 8.70. The zero-order chi connectivity index (χ0) is 12.3. The summed E-state index contributed by atoms with van der Waals surface area (Å²) in [6.07, 6.45) is 1.43. The zero-order valence-corrected chi connectivity index (χ0v) is 9.23. The van der Waals surface area contributed by atoms with Gasteiger partial charge < -0.3 is 10.3 Å². The molecule has 0 bridgehead atoms. The number of H-pyrrole nitrogens is 1. The van der Waals surface area contributed by atoms with Crippen LogP contribution in [0.3, 0.4) is 0 Å². The van der Waals surface area contributed by atoms with E-state index in [0.29, 0.717) is 5.56 Å². The number of nitrogens with zero attached hydrogens (tertiary/aromatic N) is 1. The third-order valence-electron chi connectivity index (χ3n) is 2.19. The fourth-order valence-electron chi connectivity index (χ4n) is 1.42. The van der Waals surface area contributed by atoms with Gasteiger partial charge in [-0.25, -0.2) is 4.79 Å². The number of anilines is 1. The summed E-state index contributed by atoms with van der Waals surface area (Å²) in [5, 5.41) is 2.56. The maximum absolute atomic E-state index is 11.8. The van der Waals surface area contributed by atoms with Crippen molar-refractivity contribution in [2.24, 2.45) is 0 Å². The molecule has 1 aromatic carbocycles. The summed E-state index contributed by atoms with van der Waals surface area (Å²) < 4.78 is 0. The predicted octanol–water partition coefficient (Wildman–Crippen LogP) is 1.33. The number of rotatable bonds is 2. The van der Waals surface area contributed by atoms with Crippen LogP contribution in [0, 0.1) is 6.92 Å². The molecule has 0 fully saturated rings. The second kappa shape index (κ2) is 4.61. The summed E-state index contributed by atoms with van der Waals surface area (Å²) in [5.74, 6) is -0.0490. The average molecular weight is 229 g/mol. The van der Waals surface area contributed by atoms with E-state index in [1.807, 2.05) is 13.0 Å². The van der Waals surface area contributed by atoms with Crippen LogP contribution in [0.1, 0.15) is 15.9 Å². The number of amides is 1. The van der Waals surface area contributed by atoms with Crippen LogP contribution in [-0.2, 0) is 0 Å². The fourth-order valence-corrected chi connectivity index (χ4v) is 1.42. The van der Waals surface area contributed by atoms with Gasteiger partial charge in [-0.15, -0.1) is 0 Å². The van der Waals surface area contributed by atoms with Crippen molar-refractivity contribution in [3.63, 3.8) is 0 Å². The van der Waals surface area contributed by atoms with Gasteiger partial charge in [-0.1, -0.05) is 17.7 Å². The van der Waals surface area contributed by atoms with Crippen molar-refractivity contribution in [1.82, 2.24) is 9.97 Å². The van der Waals surface area contributed by atoms with Crippen LogP contribution in [0.2, 0.25) is 0 Å². The van der Waals surface area contributed by atoms with Gasteiger partial charge >= 0.3 is 5.69 Å². The largest absolute Gasteiger partial charge is 0.346 e. The fraction of sp³-hybridized carbons (Fsp3) is 0.0833. The molecule has 5 nitrogen and oxygen atoms in total. The third-order valence-corrected chi connectivity index (χ3v) is 2.19. The van der Waals surface area contributed by atoms with Gasteiger partial charge in [0.25, 0.3) is 5.91 Å². The molecule has 1 aromatic heterocycles. The first-order valence-corrected chi connectivity index (χ1v) is 5.09. The monoisotopic (exact) mass is 229 g/mol. The van der Waals surface area contributed by atoms with Crippen LogP contribution in [0.25, 0.3) is 0 Å². The average Bonchev–Trinajstić information content (AvgIpc) is 2.29. The van der Waals surface area contributed by atoms with E-state index in [9.17, 15) is 9.59 Å². The van der Waals surface area contributed by atoms with Crippen molar-refractivity contribution in [2.45, 2.75) is 6.92 Å². The molecular weight excluding hydrogens is 218 g/mol. The summed E-state index contributed by atoms with van der Waals surface area (Å²) >= 11 is 0. The molecule has 1 amide bonds. The Balaban J connectivity index is 2.20. The Morgan fingerprint density at radius 1 is 1.35 bits per heavy atom. The number of hydrogen-bond donors (Lipinski definition) is 2. The standard InChI is InChI=1S/C12H11N3O2/c1-8-3-2-4-9(7-8)11(16)14-10-5-6-13-12(17)15-10/h2-7H,1H3,(H2,13,14,15,16,17). The maximum atomic E-state index is 11.8.